The van der Waals surface area contributed by atoms with E-state index in [9.17, 15) is 18.8 Å². The fraction of sp³-hybridized carbons (Fsp3) is 0.174. The molecule has 0 saturated heterocycles. The minimum absolute atomic E-state index is 0.117. The molecule has 158 valence electrons. The minimum atomic E-state index is -0.897. The summed E-state index contributed by atoms with van der Waals surface area (Å²) >= 11 is 0. The number of carbonyl (C=O) groups excluding carboxylic acids is 3. The van der Waals surface area contributed by atoms with Crippen molar-refractivity contribution < 1.29 is 27.9 Å². The Hall–Kier alpha value is -3.94. The van der Waals surface area contributed by atoms with Gasteiger partial charge in [-0.05, 0) is 47.5 Å². The van der Waals surface area contributed by atoms with Crippen molar-refractivity contribution in [3.63, 3.8) is 0 Å². The fourth-order valence-electron chi connectivity index (χ4n) is 3.45. The molecule has 3 aromatic rings. The fourth-order valence-corrected chi connectivity index (χ4v) is 3.45. The number of amides is 2. The molecule has 2 aromatic carbocycles. The number of carbonyl (C=O) groups is 3. The molecule has 0 fully saturated rings. The van der Waals surface area contributed by atoms with Gasteiger partial charge in [0.25, 0.3) is 11.8 Å². The van der Waals surface area contributed by atoms with Gasteiger partial charge in [0.15, 0.2) is 12.4 Å². The molecule has 0 saturated carbocycles. The third-order valence-corrected chi connectivity index (χ3v) is 4.99. The number of halogens is 1. The molecule has 1 aliphatic heterocycles. The van der Waals surface area contributed by atoms with Crippen LogP contribution in [0.5, 0.6) is 0 Å². The summed E-state index contributed by atoms with van der Waals surface area (Å²) in [5.74, 6) is -2.00. The van der Waals surface area contributed by atoms with Crippen LogP contribution in [0.2, 0.25) is 0 Å². The molecule has 7 nitrogen and oxygen atoms in total. The number of anilines is 1. The van der Waals surface area contributed by atoms with Gasteiger partial charge in [-0.25, -0.2) is 9.18 Å². The zero-order chi connectivity index (χ0) is 21.8. The summed E-state index contributed by atoms with van der Waals surface area (Å²) in [6.07, 6.45) is 1.65. The normalized spacial score (nSPS) is 15.1. The average Bonchev–Trinajstić information content (AvgIpc) is 3.32. The molecule has 0 aliphatic carbocycles. The summed E-state index contributed by atoms with van der Waals surface area (Å²) < 4.78 is 23.4. The number of rotatable bonds is 5. The lowest BCUT2D eigenvalue weighted by atomic mass is 9.93. The van der Waals surface area contributed by atoms with Crippen LogP contribution < -0.4 is 5.32 Å². The Morgan fingerprint density at radius 1 is 1.03 bits per heavy atom. The van der Waals surface area contributed by atoms with E-state index in [1.54, 1.807) is 6.07 Å². The zero-order valence-electron chi connectivity index (χ0n) is 16.4. The Balaban J connectivity index is 1.45. The smallest absolute Gasteiger partial charge is 0.329 e. The van der Waals surface area contributed by atoms with E-state index >= 15 is 0 Å². The van der Waals surface area contributed by atoms with Crippen molar-refractivity contribution in [3.05, 3.63) is 89.6 Å². The summed E-state index contributed by atoms with van der Waals surface area (Å²) in [4.78, 5) is 39.2. The maximum absolute atomic E-state index is 13.0. The van der Waals surface area contributed by atoms with E-state index in [2.05, 4.69) is 5.32 Å². The summed E-state index contributed by atoms with van der Waals surface area (Å²) in [5, 5.41) is 2.52. The topological polar surface area (TPSA) is 88.9 Å². The van der Waals surface area contributed by atoms with Crippen LogP contribution in [0.15, 0.2) is 71.3 Å². The first-order valence-electron chi connectivity index (χ1n) is 9.64. The molecule has 4 rings (SSSR count). The zero-order valence-corrected chi connectivity index (χ0v) is 16.4. The summed E-state index contributed by atoms with van der Waals surface area (Å²) in [6, 6.07) is 15.0. The van der Waals surface area contributed by atoms with E-state index in [0.717, 1.165) is 11.1 Å². The summed E-state index contributed by atoms with van der Waals surface area (Å²) in [7, 11) is 0. The van der Waals surface area contributed by atoms with E-state index in [1.807, 2.05) is 24.3 Å². The van der Waals surface area contributed by atoms with E-state index in [1.165, 1.54) is 41.5 Å². The third-order valence-electron chi connectivity index (χ3n) is 4.99. The standard InChI is InChI=1S/C23H19FN2O5/c24-17-7-9-18(10-8-17)25-21(27)14-31-23(29)19-12-15-4-1-2-5-16(15)13-26(19)22(28)20-6-3-11-30-20/h1-11,19H,12-14H2,(H,25,27). The average molecular weight is 422 g/mol. The Kier molecular flexibility index (Phi) is 5.79. The lowest BCUT2D eigenvalue weighted by molar-refractivity contribution is -0.152. The van der Waals surface area contributed by atoms with Gasteiger partial charge >= 0.3 is 5.97 Å². The van der Waals surface area contributed by atoms with Gasteiger partial charge in [-0.2, -0.15) is 0 Å². The number of ether oxygens (including phenoxy) is 1. The maximum Gasteiger partial charge on any atom is 0.329 e. The number of fused-ring (bicyclic) bond motifs is 1. The molecular formula is C23H19FN2O5. The largest absolute Gasteiger partial charge is 0.459 e. The van der Waals surface area contributed by atoms with Crippen LogP contribution in [0.3, 0.4) is 0 Å². The molecule has 1 aliphatic rings. The molecular weight excluding hydrogens is 403 g/mol. The van der Waals surface area contributed by atoms with Crippen LogP contribution in [0.4, 0.5) is 10.1 Å². The van der Waals surface area contributed by atoms with Gasteiger partial charge in [0.1, 0.15) is 11.9 Å². The molecule has 1 N–H and O–H groups in total. The predicted octanol–water partition coefficient (Wildman–Crippen LogP) is 3.17. The maximum atomic E-state index is 13.0. The number of hydrogen-bond donors (Lipinski definition) is 1. The first-order chi connectivity index (χ1) is 15.0. The second kappa shape index (κ2) is 8.83. The molecule has 8 heteroatoms. The Bertz CT molecular complexity index is 1100. The van der Waals surface area contributed by atoms with E-state index < -0.39 is 36.2 Å². The van der Waals surface area contributed by atoms with E-state index in [0.29, 0.717) is 5.69 Å². The lowest BCUT2D eigenvalue weighted by Gasteiger charge is -2.34. The molecule has 0 radical (unpaired) electrons. The molecule has 2 amide bonds. The van der Waals surface area contributed by atoms with Gasteiger partial charge < -0.3 is 19.4 Å². The molecule has 31 heavy (non-hydrogen) atoms. The van der Waals surface area contributed by atoms with Gasteiger partial charge in [0, 0.05) is 18.7 Å². The highest BCUT2D eigenvalue weighted by atomic mass is 19.1. The number of esters is 1. The van der Waals surface area contributed by atoms with Gasteiger partial charge in [0.05, 0.1) is 6.26 Å². The lowest BCUT2D eigenvalue weighted by Crippen LogP contribution is -2.49. The van der Waals surface area contributed by atoms with Crippen LogP contribution >= 0.6 is 0 Å². The van der Waals surface area contributed by atoms with Crippen LogP contribution in [0.1, 0.15) is 21.7 Å². The highest BCUT2D eigenvalue weighted by Crippen LogP contribution is 2.26. The number of nitrogens with zero attached hydrogens (tertiary/aromatic N) is 1. The van der Waals surface area contributed by atoms with Gasteiger partial charge in [-0.15, -0.1) is 0 Å². The van der Waals surface area contributed by atoms with Crippen LogP contribution in [0, 0.1) is 5.82 Å². The Morgan fingerprint density at radius 2 is 1.77 bits per heavy atom. The van der Waals surface area contributed by atoms with Crippen molar-refractivity contribution in [2.24, 2.45) is 0 Å². The highest BCUT2D eigenvalue weighted by Gasteiger charge is 2.37. The molecule has 0 spiro atoms. The third kappa shape index (κ3) is 4.63. The van der Waals surface area contributed by atoms with Crippen LogP contribution in [-0.4, -0.2) is 35.3 Å². The first-order valence-corrected chi connectivity index (χ1v) is 9.64. The predicted molar refractivity (Wildman–Crippen MR) is 109 cm³/mol. The molecule has 0 bridgehead atoms. The SMILES string of the molecule is O=C(COC(=O)C1Cc2ccccc2CN1C(=O)c1ccco1)Nc1ccc(F)cc1. The van der Waals surface area contributed by atoms with Crippen LogP contribution in [0.25, 0.3) is 0 Å². The van der Waals surface area contributed by atoms with Gasteiger partial charge in [-0.1, -0.05) is 24.3 Å². The summed E-state index contributed by atoms with van der Waals surface area (Å²) in [5.41, 5.74) is 2.24. The number of nitrogens with one attached hydrogen (secondary N) is 1. The van der Waals surface area contributed by atoms with E-state index in [4.69, 9.17) is 9.15 Å². The van der Waals surface area contributed by atoms with E-state index in [-0.39, 0.29) is 18.7 Å². The molecule has 1 unspecified atom stereocenters. The number of furan rings is 1. The molecule has 1 atom stereocenters. The Labute approximate surface area is 177 Å². The van der Waals surface area contributed by atoms with Crippen molar-refractivity contribution in [1.29, 1.82) is 0 Å². The Morgan fingerprint density at radius 3 is 2.48 bits per heavy atom. The van der Waals surface area contributed by atoms with Crippen molar-refractivity contribution in [3.8, 4) is 0 Å². The monoisotopic (exact) mass is 422 g/mol. The summed E-state index contributed by atoms with van der Waals surface area (Å²) in [6.45, 7) is -0.311. The van der Waals surface area contributed by atoms with Crippen molar-refractivity contribution in [2.45, 2.75) is 19.0 Å². The van der Waals surface area contributed by atoms with Crippen molar-refractivity contribution in [1.82, 2.24) is 4.90 Å². The number of hydrogen-bond acceptors (Lipinski definition) is 5. The second-order valence-electron chi connectivity index (χ2n) is 7.06. The second-order valence-corrected chi connectivity index (χ2v) is 7.06. The van der Waals surface area contributed by atoms with Crippen molar-refractivity contribution in [2.75, 3.05) is 11.9 Å². The van der Waals surface area contributed by atoms with Crippen LogP contribution in [-0.2, 0) is 27.3 Å². The number of benzene rings is 2. The first kappa shape index (κ1) is 20.3. The highest BCUT2D eigenvalue weighted by molar-refractivity contribution is 5.96. The van der Waals surface area contributed by atoms with Crippen molar-refractivity contribution >= 4 is 23.5 Å². The quantitative estimate of drug-likeness (QED) is 0.638. The van der Waals surface area contributed by atoms with Gasteiger partial charge in [0.2, 0.25) is 0 Å². The molecule has 2 heterocycles. The van der Waals surface area contributed by atoms with Gasteiger partial charge in [-0.3, -0.25) is 9.59 Å². The minimum Gasteiger partial charge on any atom is -0.459 e. The molecule has 1 aromatic heterocycles.